The molecule has 4 atom stereocenters. The number of fused-ring (bicyclic) bond motifs is 2. The summed E-state index contributed by atoms with van der Waals surface area (Å²) in [5, 5.41) is 6.67. The zero-order valence-electron chi connectivity index (χ0n) is 35.9. The van der Waals surface area contributed by atoms with Crippen molar-refractivity contribution in [3.05, 3.63) is 129 Å². The van der Waals surface area contributed by atoms with E-state index >= 15 is 0 Å². The van der Waals surface area contributed by atoms with Crippen molar-refractivity contribution in [3.8, 4) is 22.3 Å². The Morgan fingerprint density at radius 3 is 1.33 bits per heavy atom. The van der Waals surface area contributed by atoms with E-state index in [1.807, 2.05) is 13.8 Å². The molecule has 8 heteroatoms. The molecule has 4 aromatic rings. The predicted octanol–water partition coefficient (Wildman–Crippen LogP) is 13.6. The van der Waals surface area contributed by atoms with Crippen LogP contribution < -0.4 is 10.5 Å². The molecule has 0 heterocycles. The average Bonchev–Trinajstić information content (AvgIpc) is 3.85. The molecule has 0 aromatic heterocycles. The zero-order valence-corrected chi connectivity index (χ0v) is 41.0. The maximum atomic E-state index is 13.8. The molecule has 0 bridgehead atoms. The summed E-state index contributed by atoms with van der Waals surface area (Å²) in [4.78, 5) is 27.7. The molecule has 4 aromatic carbocycles. The second kappa shape index (κ2) is 18.6. The molecule has 6 rings (SSSR count). The summed E-state index contributed by atoms with van der Waals surface area (Å²) in [6.07, 6.45) is 11.0. The fraction of sp³-hybridized carbons (Fsp3) is 0.400. The van der Waals surface area contributed by atoms with Gasteiger partial charge in [0.25, 0.3) is 0 Å². The molecule has 58 heavy (non-hydrogen) atoms. The fourth-order valence-electron chi connectivity index (χ4n) is 9.76. The number of carbonyl (C=O) groups is 2. The van der Waals surface area contributed by atoms with E-state index in [4.69, 9.17) is 17.2 Å². The second-order valence-corrected chi connectivity index (χ2v) is 47.1. The van der Waals surface area contributed by atoms with E-state index in [2.05, 4.69) is 149 Å². The van der Waals surface area contributed by atoms with Crippen molar-refractivity contribution >= 4 is 45.7 Å². The number of halogens is 2. The molecule has 2 aliphatic carbocycles. The third-order valence-corrected chi connectivity index (χ3v) is 41.4. The fourth-order valence-corrected chi connectivity index (χ4v) is 39.5. The van der Waals surface area contributed by atoms with Gasteiger partial charge in [0.1, 0.15) is 0 Å². The summed E-state index contributed by atoms with van der Waals surface area (Å²) in [5.74, 6) is -0.0973. The number of allylic oxidation sites excluding steroid dienone is 2. The monoisotopic (exact) mass is 983 g/mol. The SMILES string of the molecule is CCCc1ccccc1-c1cccc2c1C=C(C(C)CC)[CH]2[Hf]([Cl])([Cl])([B](NC(=O)CC)NC(=O)CC)[CH]1C(C(C)CC)=Cc2c(-c3ccccc3CCC)cccc21. The van der Waals surface area contributed by atoms with E-state index in [-0.39, 0.29) is 36.5 Å². The standard InChI is InChI=1S/2C22H25.C6H11BN2O2.2ClH.Hf/c2*1-4-9-17-10-6-7-12-20(17)21-13-8-11-18-14-19(15-22(18)21)16(3)5-2;1-3-5(10)8-7-9-6(11)4-2;;;/h2*6-8,10-16H,4-5,9H2,1-3H3;3-4H2,1-2H3,(H-,8,9,10,11);2*1H;/q;;;;;+1/p-1. The van der Waals surface area contributed by atoms with Gasteiger partial charge in [-0.2, -0.15) is 0 Å². The normalized spacial score (nSPS) is 17.6. The Morgan fingerprint density at radius 2 is 0.966 bits per heavy atom. The van der Waals surface area contributed by atoms with Gasteiger partial charge in [-0.15, -0.1) is 0 Å². The molecular formula is C50H62BCl2HfN2O2. The molecule has 2 amide bonds. The zero-order chi connectivity index (χ0) is 41.8. The Balaban J connectivity index is 1.74. The minimum absolute atomic E-state index is 0.137. The number of hydrogen-bond acceptors (Lipinski definition) is 2. The van der Waals surface area contributed by atoms with Crippen LogP contribution in [0.4, 0.5) is 0 Å². The van der Waals surface area contributed by atoms with Crippen LogP contribution in [0.2, 0.25) is 0 Å². The molecule has 0 spiro atoms. The summed E-state index contributed by atoms with van der Waals surface area (Å²) >= 11 is -6.27. The van der Waals surface area contributed by atoms with Gasteiger partial charge in [-0.1, -0.05) is 0 Å². The number of nitrogens with one attached hydrogen (secondary N) is 2. The number of carbonyl (C=O) groups excluding carboxylic acids is 2. The second-order valence-electron chi connectivity index (χ2n) is 16.7. The number of rotatable bonds is 17. The molecule has 0 saturated carbocycles. The van der Waals surface area contributed by atoms with E-state index in [0.29, 0.717) is 0 Å². The third-order valence-electron chi connectivity index (χ3n) is 13.1. The first-order valence-electron chi connectivity index (χ1n) is 21.9. The summed E-state index contributed by atoms with van der Waals surface area (Å²) in [5.41, 5.74) is 14.3. The van der Waals surface area contributed by atoms with Crippen LogP contribution in [0.3, 0.4) is 0 Å². The van der Waals surface area contributed by atoms with Gasteiger partial charge in [0.2, 0.25) is 0 Å². The van der Waals surface area contributed by atoms with Gasteiger partial charge in [-0.3, -0.25) is 0 Å². The Morgan fingerprint density at radius 1 is 0.586 bits per heavy atom. The molecule has 4 nitrogen and oxygen atoms in total. The predicted molar refractivity (Wildman–Crippen MR) is 246 cm³/mol. The molecule has 0 saturated heterocycles. The number of benzene rings is 4. The number of aryl methyl sites for hydroxylation is 2. The van der Waals surface area contributed by atoms with Crippen molar-refractivity contribution < 1.29 is 25.5 Å². The van der Waals surface area contributed by atoms with Crippen LogP contribution in [0, 0.1) is 11.8 Å². The van der Waals surface area contributed by atoms with Crippen molar-refractivity contribution in [2.24, 2.45) is 11.8 Å². The Hall–Kier alpha value is -3.18. The van der Waals surface area contributed by atoms with Crippen LogP contribution in [0.1, 0.15) is 135 Å². The van der Waals surface area contributed by atoms with Crippen LogP contribution in [0.15, 0.2) is 96.1 Å². The summed E-state index contributed by atoms with van der Waals surface area (Å²) in [7, 11) is 18.1. The van der Waals surface area contributed by atoms with Gasteiger partial charge in [0, 0.05) is 0 Å². The van der Waals surface area contributed by atoms with Crippen molar-refractivity contribution in [1.82, 2.24) is 10.5 Å². The Bertz CT molecular complexity index is 2080. The van der Waals surface area contributed by atoms with Crippen LogP contribution in [0.5, 0.6) is 0 Å². The number of amides is 2. The first-order valence-corrected chi connectivity index (χ1v) is 37.0. The molecular weight excluding hydrogens is 921 g/mol. The van der Waals surface area contributed by atoms with Gasteiger partial charge in [0.15, 0.2) is 0 Å². The minimum atomic E-state index is -6.27. The van der Waals surface area contributed by atoms with Gasteiger partial charge < -0.3 is 0 Å². The molecule has 4 unspecified atom stereocenters. The quantitative estimate of drug-likeness (QED) is 0.104. The van der Waals surface area contributed by atoms with E-state index in [1.165, 1.54) is 44.5 Å². The Kier molecular flexibility index (Phi) is 14.2. The maximum absolute atomic E-state index is 13.8. The molecule has 0 fully saturated rings. The van der Waals surface area contributed by atoms with Gasteiger partial charge in [-0.05, 0) is 0 Å². The van der Waals surface area contributed by atoms with E-state index < -0.39 is 27.8 Å². The van der Waals surface area contributed by atoms with Gasteiger partial charge in [-0.25, -0.2) is 0 Å². The molecule has 305 valence electrons. The molecule has 0 aliphatic heterocycles. The number of hydrogen-bond donors (Lipinski definition) is 2. The molecule has 2 aliphatic rings. The van der Waals surface area contributed by atoms with E-state index in [0.717, 1.165) is 60.8 Å². The Labute approximate surface area is 356 Å². The third kappa shape index (κ3) is 8.04. The average molecular weight is 983 g/mol. The van der Waals surface area contributed by atoms with Crippen molar-refractivity contribution in [3.63, 3.8) is 0 Å². The van der Waals surface area contributed by atoms with Crippen LogP contribution >= 0.6 is 17.2 Å². The van der Waals surface area contributed by atoms with Crippen molar-refractivity contribution in [2.45, 2.75) is 114 Å². The van der Waals surface area contributed by atoms with E-state index in [1.54, 1.807) is 0 Å². The summed E-state index contributed by atoms with van der Waals surface area (Å²) in [6, 6.07) is 30.7. The van der Waals surface area contributed by atoms with Crippen molar-refractivity contribution in [2.75, 3.05) is 0 Å². The first-order chi connectivity index (χ1) is 27.9. The van der Waals surface area contributed by atoms with Crippen LogP contribution in [-0.4, -0.2) is 16.4 Å². The first kappa shape index (κ1) is 44.4. The summed E-state index contributed by atoms with van der Waals surface area (Å²) < 4.78 is -1.75. The molecule has 2 N–H and O–H groups in total. The van der Waals surface area contributed by atoms with Gasteiger partial charge >= 0.3 is 359 Å². The topological polar surface area (TPSA) is 58.2 Å². The van der Waals surface area contributed by atoms with Crippen molar-refractivity contribution in [1.29, 1.82) is 0 Å². The van der Waals surface area contributed by atoms with Crippen LogP contribution in [-0.2, 0) is 38.3 Å². The van der Waals surface area contributed by atoms with Crippen LogP contribution in [0.25, 0.3) is 34.4 Å². The van der Waals surface area contributed by atoms with Gasteiger partial charge in [0.05, 0.1) is 0 Å². The molecule has 0 radical (unpaired) electrons. The summed E-state index contributed by atoms with van der Waals surface area (Å²) in [6.45, 7) is 17.1. The van der Waals surface area contributed by atoms with E-state index in [9.17, 15) is 9.59 Å².